The molecule has 1 heterocycles. The van der Waals surface area contributed by atoms with E-state index >= 15 is 0 Å². The molecular formula is C16H17N5O. The number of hydrogen-bond donors (Lipinski definition) is 4. The fourth-order valence-electron chi connectivity index (χ4n) is 2.31. The summed E-state index contributed by atoms with van der Waals surface area (Å²) >= 11 is 0. The molecule has 1 amide bonds. The van der Waals surface area contributed by atoms with Crippen LogP contribution in [0, 0.1) is 0 Å². The number of anilines is 2. The maximum atomic E-state index is 12.2. The molecule has 22 heavy (non-hydrogen) atoms. The summed E-state index contributed by atoms with van der Waals surface area (Å²) in [6.07, 6.45) is 0.492. The molecule has 1 atom stereocenters. The number of fused-ring (bicyclic) bond motifs is 1. The zero-order chi connectivity index (χ0) is 15.5. The van der Waals surface area contributed by atoms with E-state index in [9.17, 15) is 4.79 Å². The average Bonchev–Trinajstić information content (AvgIpc) is 2.89. The minimum Gasteiger partial charge on any atom is -0.382 e. The van der Waals surface area contributed by atoms with E-state index in [2.05, 4.69) is 15.5 Å². The smallest absolute Gasteiger partial charge is 0.241 e. The van der Waals surface area contributed by atoms with Gasteiger partial charge in [0.25, 0.3) is 0 Å². The van der Waals surface area contributed by atoms with Crippen LogP contribution in [0.15, 0.2) is 48.5 Å². The summed E-state index contributed by atoms with van der Waals surface area (Å²) < 4.78 is 0. The SMILES string of the molecule is Nc1n[nH]c2cc(NC(=O)[C@@H](N)Cc3ccccc3)ccc12. The molecule has 0 bridgehead atoms. The highest BCUT2D eigenvalue weighted by Gasteiger charge is 2.14. The summed E-state index contributed by atoms with van der Waals surface area (Å²) in [6.45, 7) is 0. The molecule has 6 heteroatoms. The first kappa shape index (κ1) is 14.1. The van der Waals surface area contributed by atoms with Gasteiger partial charge in [-0.05, 0) is 30.2 Å². The van der Waals surface area contributed by atoms with Gasteiger partial charge in [-0.25, -0.2) is 0 Å². The zero-order valence-electron chi connectivity index (χ0n) is 11.9. The van der Waals surface area contributed by atoms with Crippen LogP contribution in [0.4, 0.5) is 11.5 Å². The molecule has 0 saturated carbocycles. The number of nitrogens with one attached hydrogen (secondary N) is 2. The number of H-pyrrole nitrogens is 1. The predicted molar refractivity (Wildman–Crippen MR) is 87.3 cm³/mol. The Bertz CT molecular complexity index is 797. The van der Waals surface area contributed by atoms with Gasteiger partial charge in [-0.3, -0.25) is 9.89 Å². The summed E-state index contributed by atoms with van der Waals surface area (Å²) in [5.41, 5.74) is 14.1. The Labute approximate surface area is 127 Å². The number of carbonyl (C=O) groups excluding carboxylic acids is 1. The van der Waals surface area contributed by atoms with E-state index in [0.717, 1.165) is 16.5 Å². The summed E-state index contributed by atoms with van der Waals surface area (Å²) in [5, 5.41) is 10.4. The molecule has 3 rings (SSSR count). The number of nitrogens with two attached hydrogens (primary N) is 2. The van der Waals surface area contributed by atoms with Gasteiger partial charge in [-0.1, -0.05) is 30.3 Å². The normalized spacial score (nSPS) is 12.2. The Morgan fingerprint density at radius 1 is 1.23 bits per heavy atom. The van der Waals surface area contributed by atoms with Crippen molar-refractivity contribution in [2.45, 2.75) is 12.5 Å². The average molecular weight is 295 g/mol. The molecule has 112 valence electrons. The van der Waals surface area contributed by atoms with Gasteiger partial charge >= 0.3 is 0 Å². The Hall–Kier alpha value is -2.86. The number of aromatic amines is 1. The van der Waals surface area contributed by atoms with E-state index in [4.69, 9.17) is 11.5 Å². The van der Waals surface area contributed by atoms with E-state index in [1.165, 1.54) is 0 Å². The number of benzene rings is 2. The molecular weight excluding hydrogens is 278 g/mol. The van der Waals surface area contributed by atoms with Gasteiger partial charge in [0.1, 0.15) is 0 Å². The molecule has 0 aliphatic heterocycles. The molecule has 6 N–H and O–H groups in total. The number of aromatic nitrogens is 2. The van der Waals surface area contributed by atoms with Crippen molar-refractivity contribution in [3.8, 4) is 0 Å². The first-order chi connectivity index (χ1) is 10.6. The second kappa shape index (κ2) is 5.87. The molecule has 0 aliphatic rings. The Morgan fingerprint density at radius 2 is 2.00 bits per heavy atom. The van der Waals surface area contributed by atoms with Crippen LogP contribution in [-0.4, -0.2) is 22.1 Å². The molecule has 0 spiro atoms. The van der Waals surface area contributed by atoms with Crippen molar-refractivity contribution in [1.82, 2.24) is 10.2 Å². The highest BCUT2D eigenvalue weighted by Crippen LogP contribution is 2.21. The number of amides is 1. The second-order valence-electron chi connectivity index (χ2n) is 5.15. The monoisotopic (exact) mass is 295 g/mol. The predicted octanol–water partition coefficient (Wildman–Crippen LogP) is 1.65. The third kappa shape index (κ3) is 2.91. The van der Waals surface area contributed by atoms with Gasteiger partial charge in [0.2, 0.25) is 5.91 Å². The van der Waals surface area contributed by atoms with Crippen LogP contribution >= 0.6 is 0 Å². The number of nitrogens with zero attached hydrogens (tertiary/aromatic N) is 1. The van der Waals surface area contributed by atoms with Crippen LogP contribution in [0.3, 0.4) is 0 Å². The van der Waals surface area contributed by atoms with Crippen LogP contribution in [-0.2, 0) is 11.2 Å². The van der Waals surface area contributed by atoms with Gasteiger partial charge < -0.3 is 16.8 Å². The molecule has 0 aliphatic carbocycles. The quantitative estimate of drug-likeness (QED) is 0.586. The summed E-state index contributed by atoms with van der Waals surface area (Å²) in [5.74, 6) is 0.212. The lowest BCUT2D eigenvalue weighted by atomic mass is 10.1. The zero-order valence-corrected chi connectivity index (χ0v) is 11.9. The maximum absolute atomic E-state index is 12.2. The number of hydrogen-bond acceptors (Lipinski definition) is 4. The van der Waals surface area contributed by atoms with Crippen molar-refractivity contribution >= 4 is 28.3 Å². The lowest BCUT2D eigenvalue weighted by Gasteiger charge is -2.12. The Kier molecular flexibility index (Phi) is 3.76. The number of carbonyl (C=O) groups is 1. The van der Waals surface area contributed by atoms with Crippen molar-refractivity contribution < 1.29 is 4.79 Å². The van der Waals surface area contributed by atoms with E-state index in [-0.39, 0.29) is 5.91 Å². The van der Waals surface area contributed by atoms with Crippen LogP contribution in [0.5, 0.6) is 0 Å². The Morgan fingerprint density at radius 3 is 2.77 bits per heavy atom. The summed E-state index contributed by atoms with van der Waals surface area (Å²) in [4.78, 5) is 12.2. The van der Waals surface area contributed by atoms with Gasteiger partial charge in [-0.15, -0.1) is 0 Å². The van der Waals surface area contributed by atoms with Crippen molar-refractivity contribution in [2.75, 3.05) is 11.1 Å². The summed E-state index contributed by atoms with van der Waals surface area (Å²) in [7, 11) is 0. The largest absolute Gasteiger partial charge is 0.382 e. The highest BCUT2D eigenvalue weighted by atomic mass is 16.2. The van der Waals surface area contributed by atoms with E-state index in [0.29, 0.717) is 17.9 Å². The highest BCUT2D eigenvalue weighted by molar-refractivity contribution is 5.98. The molecule has 0 radical (unpaired) electrons. The standard InChI is InChI=1S/C16H17N5O/c17-13(8-10-4-2-1-3-5-10)16(22)19-11-6-7-12-14(9-11)20-21-15(12)18/h1-7,9,13H,8,17H2,(H,19,22)(H3,18,20,21)/t13-/m0/s1. The fourth-order valence-corrected chi connectivity index (χ4v) is 2.31. The fraction of sp³-hybridized carbons (Fsp3) is 0.125. The maximum Gasteiger partial charge on any atom is 0.241 e. The second-order valence-corrected chi connectivity index (χ2v) is 5.15. The minimum absolute atomic E-state index is 0.226. The van der Waals surface area contributed by atoms with Gasteiger partial charge in [0.15, 0.2) is 5.82 Å². The molecule has 3 aromatic rings. The first-order valence-electron chi connectivity index (χ1n) is 6.97. The van der Waals surface area contributed by atoms with Crippen LogP contribution in [0.25, 0.3) is 10.9 Å². The van der Waals surface area contributed by atoms with Crippen molar-refractivity contribution in [1.29, 1.82) is 0 Å². The minimum atomic E-state index is -0.607. The van der Waals surface area contributed by atoms with Gasteiger partial charge in [0, 0.05) is 11.1 Å². The van der Waals surface area contributed by atoms with E-state index in [1.807, 2.05) is 36.4 Å². The molecule has 0 fully saturated rings. The number of rotatable bonds is 4. The van der Waals surface area contributed by atoms with Crippen LogP contribution in [0.2, 0.25) is 0 Å². The van der Waals surface area contributed by atoms with E-state index in [1.54, 1.807) is 12.1 Å². The first-order valence-corrected chi connectivity index (χ1v) is 6.97. The molecule has 0 unspecified atom stereocenters. The molecule has 1 aromatic heterocycles. The molecule has 6 nitrogen and oxygen atoms in total. The lowest BCUT2D eigenvalue weighted by molar-refractivity contribution is -0.117. The van der Waals surface area contributed by atoms with Gasteiger partial charge in [-0.2, -0.15) is 5.10 Å². The van der Waals surface area contributed by atoms with E-state index < -0.39 is 6.04 Å². The lowest BCUT2D eigenvalue weighted by Crippen LogP contribution is -2.37. The number of nitrogen functional groups attached to an aromatic ring is 1. The molecule has 0 saturated heterocycles. The molecule has 2 aromatic carbocycles. The van der Waals surface area contributed by atoms with Gasteiger partial charge in [0.05, 0.1) is 11.6 Å². The van der Waals surface area contributed by atoms with Crippen molar-refractivity contribution in [2.24, 2.45) is 5.73 Å². The topological polar surface area (TPSA) is 110 Å². The van der Waals surface area contributed by atoms with Crippen molar-refractivity contribution in [3.05, 3.63) is 54.1 Å². The Balaban J connectivity index is 1.69. The van der Waals surface area contributed by atoms with Crippen LogP contribution < -0.4 is 16.8 Å². The third-order valence-electron chi connectivity index (χ3n) is 3.50. The third-order valence-corrected chi connectivity index (χ3v) is 3.50. The van der Waals surface area contributed by atoms with Crippen LogP contribution in [0.1, 0.15) is 5.56 Å². The summed E-state index contributed by atoms with van der Waals surface area (Å²) in [6, 6.07) is 14.5. The van der Waals surface area contributed by atoms with Crippen molar-refractivity contribution in [3.63, 3.8) is 0 Å².